The summed E-state index contributed by atoms with van der Waals surface area (Å²) >= 11 is 2.47. The van der Waals surface area contributed by atoms with Crippen molar-refractivity contribution < 1.29 is 50.2 Å². The van der Waals surface area contributed by atoms with E-state index in [1.165, 1.54) is 43.1 Å². The van der Waals surface area contributed by atoms with Crippen LogP contribution in [0.25, 0.3) is 0 Å². The number of H-pyrrole nitrogens is 1. The van der Waals surface area contributed by atoms with Crippen LogP contribution in [-0.2, 0) is 26.7 Å². The van der Waals surface area contributed by atoms with Gasteiger partial charge < -0.3 is 19.8 Å². The zero-order valence-corrected chi connectivity index (χ0v) is 28.9. The van der Waals surface area contributed by atoms with Crippen molar-refractivity contribution in [3.05, 3.63) is 98.0 Å². The number of aromatic amines is 1. The minimum Gasteiger partial charge on any atom is -0.493 e. The molecule has 2 N–H and O–H groups in total. The summed E-state index contributed by atoms with van der Waals surface area (Å²) in [7, 11) is 1.37. The van der Waals surface area contributed by atoms with Gasteiger partial charge >= 0.3 is 17.2 Å². The summed E-state index contributed by atoms with van der Waals surface area (Å²) < 4.78 is 92.2. The maximum absolute atomic E-state index is 14.0. The average molecular weight is 776 g/mol. The van der Waals surface area contributed by atoms with Crippen LogP contribution in [0.3, 0.4) is 0 Å². The Balaban J connectivity index is 1.07. The Morgan fingerprint density at radius 3 is 2.36 bits per heavy atom. The molecule has 4 aromatic rings. The number of fused-ring (bicyclic) bond motifs is 9. The highest BCUT2D eigenvalue weighted by Crippen LogP contribution is 2.69. The number of carbonyl (C=O) groups excluding carboxylic acids is 3. The lowest BCUT2D eigenvalue weighted by molar-refractivity contribution is -0.138. The van der Waals surface area contributed by atoms with Gasteiger partial charge in [-0.3, -0.25) is 24.1 Å². The molecule has 1 saturated heterocycles. The summed E-state index contributed by atoms with van der Waals surface area (Å²) in [4.78, 5) is 57.4. The molecule has 0 spiro atoms. The van der Waals surface area contributed by atoms with Gasteiger partial charge in [0, 0.05) is 16.0 Å². The molecule has 3 aromatic carbocycles. The van der Waals surface area contributed by atoms with Crippen LogP contribution in [0.4, 0.5) is 37.7 Å². The third kappa shape index (κ3) is 5.88. The number of hydrogen-bond acceptors (Lipinski definition) is 8. The monoisotopic (exact) mass is 775 g/mol. The van der Waals surface area contributed by atoms with E-state index in [9.17, 15) is 45.5 Å². The normalized spacial score (nSPS) is 25.9. The van der Waals surface area contributed by atoms with Gasteiger partial charge in [-0.25, -0.2) is 0 Å². The number of aromatic nitrogens is 1. The first-order chi connectivity index (χ1) is 25.2. The van der Waals surface area contributed by atoms with Gasteiger partial charge in [0.15, 0.2) is 18.1 Å². The number of benzene rings is 3. The number of rotatable bonds is 7. The molecule has 9 nitrogen and oxygen atoms in total. The van der Waals surface area contributed by atoms with Gasteiger partial charge in [-0.1, -0.05) is 35.6 Å². The highest BCUT2D eigenvalue weighted by Gasteiger charge is 2.69. The van der Waals surface area contributed by atoms with Crippen LogP contribution >= 0.6 is 23.1 Å². The number of carbonyl (C=O) groups is 3. The number of nitrogens with zero attached hydrogens (tertiary/aromatic N) is 1. The summed E-state index contributed by atoms with van der Waals surface area (Å²) in [6.07, 6.45) is -8.80. The Bertz CT molecular complexity index is 2220. The number of nitrogens with one attached hydrogen (secondary N) is 2. The standard InChI is InChI=1S/C36H27F6N3O6S2/c1-50-23-11-15(9-10-22(23)51-14-24(46)43-21-8-3-2-7-20(21)36(40,41)42)25-26-18-13-19(29(26)52-31-30(25)53-34(49)44-31)28-27(18)32(47)45(33(28)48)17-6-4-5-16(12-17)35(37,38)39/h2-12,18-19,25-29H,13-14H2,1H3,(H,43,46)(H,44,49)/t18-,19-,25+,26-,27+,28+,29-/m1/s1. The van der Waals surface area contributed by atoms with Crippen LogP contribution < -0.4 is 24.6 Å². The Kier molecular flexibility index (Phi) is 8.44. The molecule has 4 aliphatic rings. The van der Waals surface area contributed by atoms with Crippen molar-refractivity contribution in [3.8, 4) is 11.5 Å². The molecule has 2 bridgehead atoms. The lowest BCUT2D eigenvalue weighted by Crippen LogP contribution is -2.42. The number of imide groups is 1. The third-order valence-electron chi connectivity index (χ3n) is 10.6. The molecular weight excluding hydrogens is 749 g/mol. The summed E-state index contributed by atoms with van der Waals surface area (Å²) in [6.45, 7) is -0.637. The summed E-state index contributed by atoms with van der Waals surface area (Å²) in [5.74, 6) is -4.33. The first-order valence-electron chi connectivity index (χ1n) is 16.4. The topological polar surface area (TPSA) is 118 Å². The molecule has 17 heteroatoms. The molecule has 1 aromatic heterocycles. The van der Waals surface area contributed by atoms with Crippen molar-refractivity contribution in [1.82, 2.24) is 4.98 Å². The first-order valence-corrected chi connectivity index (χ1v) is 18.1. The summed E-state index contributed by atoms with van der Waals surface area (Å²) in [5, 5.41) is 2.66. The Labute approximate surface area is 304 Å². The van der Waals surface area contributed by atoms with E-state index < -0.39 is 71.2 Å². The van der Waals surface area contributed by atoms with Crippen molar-refractivity contribution in [2.24, 2.45) is 29.6 Å². The van der Waals surface area contributed by atoms with Crippen LogP contribution in [-0.4, -0.2) is 41.7 Å². The first kappa shape index (κ1) is 35.3. The van der Waals surface area contributed by atoms with Gasteiger partial charge in [0.1, 0.15) is 0 Å². The van der Waals surface area contributed by atoms with Gasteiger partial charge in [-0.15, -0.1) is 11.8 Å². The van der Waals surface area contributed by atoms with E-state index in [4.69, 9.17) is 9.47 Å². The predicted octanol–water partition coefficient (Wildman–Crippen LogP) is 7.18. The van der Waals surface area contributed by atoms with Crippen molar-refractivity contribution in [2.45, 2.75) is 35.0 Å². The van der Waals surface area contributed by atoms with Crippen molar-refractivity contribution >= 4 is 52.2 Å². The van der Waals surface area contributed by atoms with Crippen molar-refractivity contribution in [2.75, 3.05) is 23.9 Å². The number of halogens is 6. The second kappa shape index (κ2) is 12.7. The van der Waals surface area contributed by atoms with Crippen molar-refractivity contribution in [1.29, 1.82) is 0 Å². The van der Waals surface area contributed by atoms with E-state index >= 15 is 0 Å². The Hall–Kier alpha value is -4.77. The Morgan fingerprint density at radius 2 is 1.64 bits per heavy atom. The van der Waals surface area contributed by atoms with Crippen LogP contribution in [0.2, 0.25) is 0 Å². The van der Waals surface area contributed by atoms with Crippen LogP contribution in [0.5, 0.6) is 11.5 Å². The fraction of sp³-hybridized carbons (Fsp3) is 0.333. The van der Waals surface area contributed by atoms with Crippen molar-refractivity contribution in [3.63, 3.8) is 0 Å². The highest BCUT2D eigenvalue weighted by atomic mass is 32.2. The summed E-state index contributed by atoms with van der Waals surface area (Å²) in [6, 6.07) is 13.7. The maximum Gasteiger partial charge on any atom is 0.418 e. The number of amides is 3. The zero-order chi connectivity index (χ0) is 37.6. The molecule has 3 fully saturated rings. The van der Waals surface area contributed by atoms with E-state index in [1.54, 1.807) is 18.2 Å². The smallest absolute Gasteiger partial charge is 0.418 e. The minimum absolute atomic E-state index is 0.126. The number of thiazole rings is 1. The highest BCUT2D eigenvalue weighted by molar-refractivity contribution is 8.00. The fourth-order valence-corrected chi connectivity index (χ4v) is 11.5. The SMILES string of the molecule is COc1cc([C@@H]2c3sc(=O)[nH]c3S[C@@H]3[C@@H]4C[C@@H]([C@@H]5C(=O)N(c6cccc(C(F)(F)F)c6)C(=O)[C@@H]45)[C@H]23)ccc1OCC(=O)Nc1ccccc1C(F)(F)F. The number of thioether (sulfide) groups is 1. The molecule has 7 atom stereocenters. The third-order valence-corrected chi connectivity index (χ3v) is 13.2. The largest absolute Gasteiger partial charge is 0.493 e. The number of ether oxygens (including phenoxy) is 2. The van der Waals surface area contributed by atoms with E-state index in [2.05, 4.69) is 10.3 Å². The number of para-hydroxylation sites is 1. The molecule has 0 radical (unpaired) electrons. The van der Waals surface area contributed by atoms with Gasteiger partial charge in [-0.05, 0) is 72.2 Å². The number of methoxy groups -OCH3 is 1. The quantitative estimate of drug-likeness (QED) is 0.151. The van der Waals surface area contributed by atoms with Gasteiger partial charge in [-0.2, -0.15) is 26.3 Å². The van der Waals surface area contributed by atoms with E-state index in [1.807, 2.05) is 0 Å². The molecular formula is C36H27F6N3O6S2. The lowest BCUT2D eigenvalue weighted by Gasteiger charge is -2.43. The minimum atomic E-state index is -4.68. The second-order valence-corrected chi connectivity index (χ2v) is 15.5. The van der Waals surface area contributed by atoms with E-state index in [0.717, 1.165) is 45.4 Å². The maximum atomic E-state index is 14.0. The molecule has 3 amide bonds. The van der Waals surface area contributed by atoms with Crippen LogP contribution in [0.15, 0.2) is 76.6 Å². The average Bonchev–Trinajstić information content (AvgIpc) is 3.85. The zero-order valence-electron chi connectivity index (χ0n) is 27.3. The molecule has 3 heterocycles. The number of alkyl halides is 6. The molecule has 0 unspecified atom stereocenters. The fourth-order valence-electron chi connectivity index (χ4n) is 8.63. The van der Waals surface area contributed by atoms with Crippen LogP contribution in [0, 0.1) is 29.6 Å². The van der Waals surface area contributed by atoms with Gasteiger partial charge in [0.2, 0.25) is 11.8 Å². The summed E-state index contributed by atoms with van der Waals surface area (Å²) in [5.41, 5.74) is -1.83. The van der Waals surface area contributed by atoms with E-state index in [0.29, 0.717) is 17.0 Å². The Morgan fingerprint density at radius 1 is 0.906 bits per heavy atom. The molecule has 276 valence electrons. The van der Waals surface area contributed by atoms with Gasteiger partial charge in [0.05, 0.1) is 46.5 Å². The molecule has 2 saturated carbocycles. The second-order valence-electron chi connectivity index (χ2n) is 13.3. The number of hydrogen-bond donors (Lipinski definition) is 2. The molecule has 8 rings (SSSR count). The lowest BCUT2D eigenvalue weighted by atomic mass is 9.68. The predicted molar refractivity (Wildman–Crippen MR) is 181 cm³/mol. The van der Waals surface area contributed by atoms with Crippen LogP contribution in [0.1, 0.15) is 33.9 Å². The van der Waals surface area contributed by atoms with Gasteiger partial charge in [0.25, 0.3) is 5.91 Å². The molecule has 2 aliphatic carbocycles. The molecule has 2 aliphatic heterocycles. The molecule has 53 heavy (non-hydrogen) atoms. The van der Waals surface area contributed by atoms with E-state index in [-0.39, 0.29) is 45.1 Å². The number of anilines is 2.